The molecule has 0 aliphatic carbocycles. The summed E-state index contributed by atoms with van der Waals surface area (Å²) >= 11 is 0. The Labute approximate surface area is 180 Å². The van der Waals surface area contributed by atoms with Gasteiger partial charge in [-0.2, -0.15) is 0 Å². The molecule has 0 radical (unpaired) electrons. The minimum atomic E-state index is -1.06. The Hall–Kier alpha value is -4.03. The van der Waals surface area contributed by atoms with Crippen LogP contribution in [0.3, 0.4) is 0 Å². The molecule has 2 heterocycles. The van der Waals surface area contributed by atoms with Crippen molar-refractivity contribution < 1.29 is 14.6 Å². The van der Waals surface area contributed by atoms with E-state index in [9.17, 15) is 9.90 Å². The number of carbonyl (C=O) groups is 1. The maximum absolute atomic E-state index is 11.5. The number of pyridine rings is 2. The van der Waals surface area contributed by atoms with Crippen LogP contribution >= 0.6 is 0 Å². The summed E-state index contributed by atoms with van der Waals surface area (Å²) in [4.78, 5) is 19.9. The second kappa shape index (κ2) is 8.77. The van der Waals surface area contributed by atoms with Crippen LogP contribution in [0.25, 0.3) is 22.4 Å². The summed E-state index contributed by atoms with van der Waals surface area (Å²) in [6, 6.07) is 20.9. The number of benzene rings is 2. The molecule has 0 unspecified atom stereocenters. The van der Waals surface area contributed by atoms with Crippen molar-refractivity contribution in [3.63, 3.8) is 0 Å². The Morgan fingerprint density at radius 3 is 2.68 bits per heavy atom. The van der Waals surface area contributed by atoms with E-state index in [1.54, 1.807) is 30.5 Å². The molecule has 6 nitrogen and oxygen atoms in total. The number of ether oxygens (including phenoxy) is 1. The topological polar surface area (TPSA) is 98.3 Å². The number of hydrogen-bond donors (Lipinski definition) is 2. The summed E-state index contributed by atoms with van der Waals surface area (Å²) in [6.45, 7) is 2.48. The lowest BCUT2D eigenvalue weighted by atomic mass is 10.0. The van der Waals surface area contributed by atoms with E-state index in [1.807, 2.05) is 37.3 Å². The van der Waals surface area contributed by atoms with Gasteiger partial charge in [-0.3, -0.25) is 4.98 Å². The SMILES string of the molecule is Cc1cc(Oc2cccc(-c3ccncc3C(=O)O)n2)cc(-c2cccc(CN)c2)c1. The lowest BCUT2D eigenvalue weighted by molar-refractivity contribution is 0.0697. The molecule has 4 aromatic rings. The Kier molecular flexibility index (Phi) is 5.73. The van der Waals surface area contributed by atoms with Crippen LogP contribution in [0, 0.1) is 6.92 Å². The van der Waals surface area contributed by atoms with E-state index in [1.165, 1.54) is 6.20 Å². The van der Waals surface area contributed by atoms with Crippen LogP contribution < -0.4 is 10.5 Å². The zero-order valence-electron chi connectivity index (χ0n) is 16.9. The van der Waals surface area contributed by atoms with E-state index in [0.29, 0.717) is 29.4 Å². The average Bonchev–Trinajstić information content (AvgIpc) is 2.79. The van der Waals surface area contributed by atoms with Crippen LogP contribution in [0.15, 0.2) is 79.1 Å². The van der Waals surface area contributed by atoms with Gasteiger partial charge >= 0.3 is 5.97 Å². The molecule has 0 saturated heterocycles. The molecule has 0 bridgehead atoms. The van der Waals surface area contributed by atoms with Crippen LogP contribution in [-0.4, -0.2) is 21.0 Å². The van der Waals surface area contributed by atoms with E-state index >= 15 is 0 Å². The third-order valence-corrected chi connectivity index (χ3v) is 4.82. The molecular formula is C25H21N3O3. The Morgan fingerprint density at radius 2 is 1.87 bits per heavy atom. The van der Waals surface area contributed by atoms with Crippen molar-refractivity contribution in [2.24, 2.45) is 5.73 Å². The third kappa shape index (κ3) is 4.60. The molecule has 0 aliphatic rings. The molecule has 0 fully saturated rings. The second-order valence-corrected chi connectivity index (χ2v) is 7.13. The summed E-state index contributed by atoms with van der Waals surface area (Å²) in [5.41, 5.74) is 11.0. The molecule has 0 amide bonds. The van der Waals surface area contributed by atoms with Gasteiger partial charge in [0.15, 0.2) is 0 Å². The van der Waals surface area contributed by atoms with Crippen molar-refractivity contribution >= 4 is 5.97 Å². The fraction of sp³-hybridized carbons (Fsp3) is 0.0800. The normalized spacial score (nSPS) is 10.6. The summed E-state index contributed by atoms with van der Waals surface area (Å²) in [5.74, 6) is -0.0387. The largest absolute Gasteiger partial charge is 0.478 e. The average molecular weight is 411 g/mol. The molecule has 3 N–H and O–H groups in total. The smallest absolute Gasteiger partial charge is 0.337 e. The van der Waals surface area contributed by atoms with Crippen molar-refractivity contribution in [3.05, 3.63) is 95.8 Å². The molecule has 31 heavy (non-hydrogen) atoms. The first-order valence-electron chi connectivity index (χ1n) is 9.77. The highest BCUT2D eigenvalue weighted by Gasteiger charge is 2.13. The van der Waals surface area contributed by atoms with Crippen LogP contribution in [0.1, 0.15) is 21.5 Å². The number of carboxylic acids is 1. The lowest BCUT2D eigenvalue weighted by Gasteiger charge is -2.11. The van der Waals surface area contributed by atoms with Crippen molar-refractivity contribution in [1.29, 1.82) is 0 Å². The zero-order valence-corrected chi connectivity index (χ0v) is 16.9. The fourth-order valence-electron chi connectivity index (χ4n) is 3.38. The molecule has 6 heteroatoms. The minimum absolute atomic E-state index is 0.0878. The van der Waals surface area contributed by atoms with Gasteiger partial charge in [0.05, 0.1) is 11.3 Å². The zero-order chi connectivity index (χ0) is 21.8. The number of nitrogens with zero attached hydrogens (tertiary/aromatic N) is 2. The molecule has 4 rings (SSSR count). The summed E-state index contributed by atoms with van der Waals surface area (Å²) in [7, 11) is 0. The first kappa shape index (κ1) is 20.3. The van der Waals surface area contributed by atoms with Crippen LogP contribution in [0.5, 0.6) is 11.6 Å². The second-order valence-electron chi connectivity index (χ2n) is 7.13. The summed E-state index contributed by atoms with van der Waals surface area (Å²) in [5, 5.41) is 9.43. The van der Waals surface area contributed by atoms with E-state index < -0.39 is 5.97 Å². The maximum atomic E-state index is 11.5. The maximum Gasteiger partial charge on any atom is 0.337 e. The van der Waals surface area contributed by atoms with E-state index in [-0.39, 0.29) is 5.56 Å². The van der Waals surface area contributed by atoms with Gasteiger partial charge in [-0.15, -0.1) is 0 Å². The van der Waals surface area contributed by atoms with E-state index in [0.717, 1.165) is 22.3 Å². The van der Waals surface area contributed by atoms with Gasteiger partial charge in [-0.1, -0.05) is 30.3 Å². The van der Waals surface area contributed by atoms with Crippen LogP contribution in [0.4, 0.5) is 0 Å². The van der Waals surface area contributed by atoms with Gasteiger partial charge in [0, 0.05) is 30.6 Å². The third-order valence-electron chi connectivity index (χ3n) is 4.82. The standard InChI is InChI=1S/C25H21N3O3/c1-16-10-19(18-5-2-4-17(12-18)14-26)13-20(11-16)31-24-7-3-6-23(28-24)21-8-9-27-15-22(21)25(29)30/h2-13,15H,14,26H2,1H3,(H,29,30). The van der Waals surface area contributed by atoms with Gasteiger partial charge < -0.3 is 15.6 Å². The van der Waals surface area contributed by atoms with Gasteiger partial charge in [0.25, 0.3) is 0 Å². The highest BCUT2D eigenvalue weighted by atomic mass is 16.5. The van der Waals surface area contributed by atoms with Gasteiger partial charge in [-0.05, 0) is 59.5 Å². The van der Waals surface area contributed by atoms with Crippen molar-refractivity contribution in [2.75, 3.05) is 0 Å². The van der Waals surface area contributed by atoms with Gasteiger partial charge in [0.2, 0.25) is 5.88 Å². The van der Waals surface area contributed by atoms with Crippen LogP contribution in [0.2, 0.25) is 0 Å². The first-order valence-corrected chi connectivity index (χ1v) is 9.77. The number of aromatic nitrogens is 2. The molecule has 0 saturated carbocycles. The number of aromatic carboxylic acids is 1. The molecule has 0 atom stereocenters. The molecule has 154 valence electrons. The molecule has 0 spiro atoms. The summed E-state index contributed by atoms with van der Waals surface area (Å²) in [6.07, 6.45) is 2.86. The molecule has 2 aromatic heterocycles. The fourth-order valence-corrected chi connectivity index (χ4v) is 3.38. The monoisotopic (exact) mass is 411 g/mol. The highest BCUT2D eigenvalue weighted by molar-refractivity contribution is 5.95. The number of hydrogen-bond acceptors (Lipinski definition) is 5. The Bertz CT molecular complexity index is 1250. The van der Waals surface area contributed by atoms with Gasteiger partial charge in [-0.25, -0.2) is 9.78 Å². The van der Waals surface area contributed by atoms with Gasteiger partial charge in [0.1, 0.15) is 5.75 Å². The quantitative estimate of drug-likeness (QED) is 0.460. The highest BCUT2D eigenvalue weighted by Crippen LogP contribution is 2.30. The molecular weight excluding hydrogens is 390 g/mol. The minimum Gasteiger partial charge on any atom is -0.478 e. The van der Waals surface area contributed by atoms with Crippen LogP contribution in [-0.2, 0) is 6.54 Å². The first-order chi connectivity index (χ1) is 15.0. The number of rotatable bonds is 6. The predicted molar refractivity (Wildman–Crippen MR) is 119 cm³/mol. The number of nitrogens with two attached hydrogens (primary N) is 1. The predicted octanol–water partition coefficient (Wildman–Crippen LogP) is 5.07. The van der Waals surface area contributed by atoms with Crippen molar-refractivity contribution in [1.82, 2.24) is 9.97 Å². The van der Waals surface area contributed by atoms with E-state index in [4.69, 9.17) is 10.5 Å². The Balaban J connectivity index is 1.67. The van der Waals surface area contributed by atoms with Crippen molar-refractivity contribution in [2.45, 2.75) is 13.5 Å². The Morgan fingerprint density at radius 1 is 1.03 bits per heavy atom. The number of aryl methyl sites for hydroxylation is 1. The lowest BCUT2D eigenvalue weighted by Crippen LogP contribution is -2.01. The molecule has 2 aromatic carbocycles. The number of carboxylic acid groups (broad SMARTS) is 1. The summed E-state index contributed by atoms with van der Waals surface area (Å²) < 4.78 is 6.04. The van der Waals surface area contributed by atoms with E-state index in [2.05, 4.69) is 22.1 Å². The van der Waals surface area contributed by atoms with Crippen molar-refractivity contribution in [3.8, 4) is 34.0 Å². The molecule has 0 aliphatic heterocycles.